The van der Waals surface area contributed by atoms with E-state index in [4.69, 9.17) is 12.2 Å². The molecule has 32 heavy (non-hydrogen) atoms. The standard InChI is InChI=1S/C25H32N2O4S/c1-4-18(15-22(28)29)19-12-17(2)13-21(14-19)27-24(32)26-11-10-25(3,16-23(30)31)20-8-6-5-7-9-20/h5-9,12-14,18H,4,10-11,15-16H2,1-3H3,(H,28,29)(H,30,31)(H2,26,27,32). The van der Waals surface area contributed by atoms with Gasteiger partial charge in [-0.1, -0.05) is 50.2 Å². The number of rotatable bonds is 11. The summed E-state index contributed by atoms with van der Waals surface area (Å²) in [5.41, 5.74) is 3.26. The number of carbonyl (C=O) groups is 2. The van der Waals surface area contributed by atoms with Gasteiger partial charge in [-0.15, -0.1) is 0 Å². The van der Waals surface area contributed by atoms with Crippen LogP contribution in [-0.2, 0) is 15.0 Å². The number of thiocarbonyl (C=S) groups is 1. The van der Waals surface area contributed by atoms with Crippen LogP contribution in [0.3, 0.4) is 0 Å². The fraction of sp³-hybridized carbons (Fsp3) is 0.400. The summed E-state index contributed by atoms with van der Waals surface area (Å²) in [6.45, 7) is 6.42. The maximum atomic E-state index is 11.4. The van der Waals surface area contributed by atoms with Crippen molar-refractivity contribution in [3.05, 3.63) is 65.2 Å². The molecule has 172 valence electrons. The highest BCUT2D eigenvalue weighted by atomic mass is 32.1. The Balaban J connectivity index is 2.03. The topological polar surface area (TPSA) is 98.7 Å². The first-order valence-corrected chi connectivity index (χ1v) is 11.2. The van der Waals surface area contributed by atoms with Gasteiger partial charge in [0, 0.05) is 17.6 Å². The first kappa shape index (κ1) is 25.3. The Morgan fingerprint density at radius 1 is 1.09 bits per heavy atom. The van der Waals surface area contributed by atoms with Crippen LogP contribution in [0.1, 0.15) is 62.1 Å². The third-order valence-corrected chi connectivity index (χ3v) is 5.96. The smallest absolute Gasteiger partial charge is 0.304 e. The quantitative estimate of drug-likeness (QED) is 0.350. The fourth-order valence-corrected chi connectivity index (χ4v) is 4.19. The summed E-state index contributed by atoms with van der Waals surface area (Å²) in [5.74, 6) is -1.71. The Labute approximate surface area is 195 Å². The van der Waals surface area contributed by atoms with Gasteiger partial charge in [0.25, 0.3) is 0 Å². The second kappa shape index (κ2) is 11.6. The second-order valence-corrected chi connectivity index (χ2v) is 8.87. The normalized spacial score (nSPS) is 13.6. The highest BCUT2D eigenvalue weighted by molar-refractivity contribution is 7.80. The minimum absolute atomic E-state index is 0.0299. The number of hydrogen-bond acceptors (Lipinski definition) is 3. The van der Waals surface area contributed by atoms with E-state index in [1.807, 2.05) is 69.3 Å². The number of hydrogen-bond donors (Lipinski definition) is 4. The van der Waals surface area contributed by atoms with Gasteiger partial charge in [-0.05, 0) is 66.7 Å². The summed E-state index contributed by atoms with van der Waals surface area (Å²) in [6, 6.07) is 15.6. The van der Waals surface area contributed by atoms with Gasteiger partial charge in [-0.2, -0.15) is 0 Å². The summed E-state index contributed by atoms with van der Waals surface area (Å²) in [7, 11) is 0. The minimum Gasteiger partial charge on any atom is -0.481 e. The molecule has 0 amide bonds. The van der Waals surface area contributed by atoms with Crippen molar-refractivity contribution < 1.29 is 19.8 Å². The van der Waals surface area contributed by atoms with Crippen LogP contribution in [0.25, 0.3) is 0 Å². The van der Waals surface area contributed by atoms with E-state index >= 15 is 0 Å². The van der Waals surface area contributed by atoms with Crippen molar-refractivity contribution in [1.82, 2.24) is 5.32 Å². The molecule has 2 atom stereocenters. The van der Waals surface area contributed by atoms with Gasteiger partial charge in [-0.3, -0.25) is 9.59 Å². The summed E-state index contributed by atoms with van der Waals surface area (Å²) in [6.07, 6.45) is 1.45. The number of aliphatic carboxylic acids is 2. The van der Waals surface area contributed by atoms with E-state index in [2.05, 4.69) is 10.6 Å². The maximum absolute atomic E-state index is 11.4. The van der Waals surface area contributed by atoms with Gasteiger partial charge in [-0.25, -0.2) is 0 Å². The number of aryl methyl sites for hydroxylation is 1. The van der Waals surface area contributed by atoms with E-state index in [1.165, 1.54) is 0 Å². The van der Waals surface area contributed by atoms with E-state index in [0.29, 0.717) is 18.1 Å². The SMILES string of the molecule is CCC(CC(=O)O)c1cc(C)cc(NC(=S)NCCC(C)(CC(=O)O)c2ccccc2)c1. The van der Waals surface area contributed by atoms with Crippen molar-refractivity contribution >= 4 is 35.0 Å². The zero-order valence-electron chi connectivity index (χ0n) is 18.9. The van der Waals surface area contributed by atoms with Gasteiger partial charge in [0.2, 0.25) is 0 Å². The molecule has 6 nitrogen and oxygen atoms in total. The minimum atomic E-state index is -0.837. The third-order valence-electron chi connectivity index (χ3n) is 5.72. The largest absolute Gasteiger partial charge is 0.481 e. The average molecular weight is 457 g/mol. The molecule has 2 aromatic carbocycles. The van der Waals surface area contributed by atoms with Crippen molar-refractivity contribution in [2.24, 2.45) is 0 Å². The van der Waals surface area contributed by atoms with Crippen LogP contribution < -0.4 is 10.6 Å². The van der Waals surface area contributed by atoms with Crippen molar-refractivity contribution in [1.29, 1.82) is 0 Å². The lowest BCUT2D eigenvalue weighted by atomic mass is 9.77. The molecule has 0 aliphatic heterocycles. The van der Waals surface area contributed by atoms with Crippen molar-refractivity contribution in [3.8, 4) is 0 Å². The van der Waals surface area contributed by atoms with E-state index in [-0.39, 0.29) is 18.8 Å². The van der Waals surface area contributed by atoms with E-state index in [0.717, 1.165) is 28.8 Å². The van der Waals surface area contributed by atoms with Crippen LogP contribution in [0.4, 0.5) is 5.69 Å². The molecule has 0 aromatic heterocycles. The third kappa shape index (κ3) is 7.64. The molecule has 0 bridgehead atoms. The lowest BCUT2D eigenvalue weighted by Crippen LogP contribution is -2.35. The van der Waals surface area contributed by atoms with Crippen LogP contribution in [0.2, 0.25) is 0 Å². The van der Waals surface area contributed by atoms with E-state index in [1.54, 1.807) is 0 Å². The Morgan fingerprint density at radius 2 is 1.78 bits per heavy atom. The number of carboxylic acid groups (broad SMARTS) is 2. The van der Waals surface area contributed by atoms with Gasteiger partial charge < -0.3 is 20.8 Å². The van der Waals surface area contributed by atoms with Crippen molar-refractivity contribution in [3.63, 3.8) is 0 Å². The predicted octanol–water partition coefficient (Wildman–Crippen LogP) is 5.07. The van der Waals surface area contributed by atoms with Crippen LogP contribution in [0.15, 0.2) is 48.5 Å². The molecule has 0 spiro atoms. The Morgan fingerprint density at radius 3 is 2.38 bits per heavy atom. The molecule has 2 unspecified atom stereocenters. The molecule has 0 heterocycles. The molecule has 0 aliphatic carbocycles. The lowest BCUT2D eigenvalue weighted by Gasteiger charge is -2.29. The molecule has 2 aromatic rings. The Bertz CT molecular complexity index is 948. The molecular weight excluding hydrogens is 424 g/mol. The molecule has 0 aliphatic rings. The molecule has 2 rings (SSSR count). The van der Waals surface area contributed by atoms with E-state index in [9.17, 15) is 19.8 Å². The Kier molecular flexibility index (Phi) is 9.20. The number of nitrogens with one attached hydrogen (secondary N) is 2. The fourth-order valence-electron chi connectivity index (χ4n) is 3.97. The summed E-state index contributed by atoms with van der Waals surface area (Å²) in [4.78, 5) is 22.6. The van der Waals surface area contributed by atoms with Crippen molar-refractivity contribution in [2.45, 2.75) is 57.8 Å². The van der Waals surface area contributed by atoms with Crippen LogP contribution >= 0.6 is 12.2 Å². The monoisotopic (exact) mass is 456 g/mol. The van der Waals surface area contributed by atoms with Gasteiger partial charge in [0.05, 0.1) is 12.8 Å². The molecule has 0 saturated heterocycles. The molecule has 7 heteroatoms. The Hall–Kier alpha value is -2.93. The summed E-state index contributed by atoms with van der Waals surface area (Å²) in [5, 5.41) is 25.4. The average Bonchev–Trinajstić information content (AvgIpc) is 2.71. The molecule has 4 N–H and O–H groups in total. The van der Waals surface area contributed by atoms with Crippen molar-refractivity contribution in [2.75, 3.05) is 11.9 Å². The molecule has 0 saturated carbocycles. The van der Waals surface area contributed by atoms with Crippen LogP contribution in [0.5, 0.6) is 0 Å². The summed E-state index contributed by atoms with van der Waals surface area (Å²) < 4.78 is 0. The number of anilines is 1. The molecule has 0 radical (unpaired) electrons. The number of benzene rings is 2. The predicted molar refractivity (Wildman–Crippen MR) is 131 cm³/mol. The molecular formula is C25H32N2O4S. The second-order valence-electron chi connectivity index (χ2n) is 8.46. The molecule has 0 fully saturated rings. The van der Waals surface area contributed by atoms with Crippen LogP contribution in [-0.4, -0.2) is 33.8 Å². The van der Waals surface area contributed by atoms with E-state index < -0.39 is 17.4 Å². The van der Waals surface area contributed by atoms with Gasteiger partial charge in [0.1, 0.15) is 0 Å². The van der Waals surface area contributed by atoms with Crippen LogP contribution in [0, 0.1) is 6.92 Å². The van der Waals surface area contributed by atoms with Gasteiger partial charge >= 0.3 is 11.9 Å². The summed E-state index contributed by atoms with van der Waals surface area (Å²) >= 11 is 5.45. The highest BCUT2D eigenvalue weighted by Crippen LogP contribution is 2.31. The first-order valence-electron chi connectivity index (χ1n) is 10.8. The highest BCUT2D eigenvalue weighted by Gasteiger charge is 2.29. The zero-order chi connectivity index (χ0) is 23.7. The lowest BCUT2D eigenvalue weighted by molar-refractivity contribution is -0.139. The zero-order valence-corrected chi connectivity index (χ0v) is 19.7. The van der Waals surface area contributed by atoms with Gasteiger partial charge in [0.15, 0.2) is 5.11 Å². The first-order chi connectivity index (χ1) is 15.1. The maximum Gasteiger partial charge on any atom is 0.304 e. The number of carboxylic acids is 2.